The van der Waals surface area contributed by atoms with Gasteiger partial charge >= 0.3 is 11.9 Å². The predicted octanol–water partition coefficient (Wildman–Crippen LogP) is 0.721. The van der Waals surface area contributed by atoms with Gasteiger partial charge in [-0.1, -0.05) is 13.2 Å². The molecule has 0 amide bonds. The Morgan fingerprint density at radius 2 is 1.86 bits per heavy atom. The lowest BCUT2D eigenvalue weighted by Gasteiger charge is -2.03. The molecule has 0 unspecified atom stereocenters. The van der Waals surface area contributed by atoms with E-state index in [9.17, 15) is 9.59 Å². The zero-order valence-electron chi connectivity index (χ0n) is 7.69. The van der Waals surface area contributed by atoms with Crippen LogP contribution in [0.25, 0.3) is 0 Å². The zero-order valence-corrected chi connectivity index (χ0v) is 7.69. The molecule has 78 valence electrons. The number of hydrogen-bond donors (Lipinski definition) is 1. The van der Waals surface area contributed by atoms with Gasteiger partial charge in [0.25, 0.3) is 0 Å². The second-order valence-electron chi connectivity index (χ2n) is 2.34. The van der Waals surface area contributed by atoms with Gasteiger partial charge in [-0.2, -0.15) is 0 Å². The first-order valence-corrected chi connectivity index (χ1v) is 3.88. The number of esters is 2. The summed E-state index contributed by atoms with van der Waals surface area (Å²) in [4.78, 5) is 21.3. The maximum absolute atomic E-state index is 10.8. The van der Waals surface area contributed by atoms with Gasteiger partial charge in [0.05, 0.1) is 5.76 Å². The monoisotopic (exact) mass is 200 g/mol. The molecule has 0 aromatic rings. The van der Waals surface area contributed by atoms with Gasteiger partial charge in [-0.15, -0.1) is 0 Å². The predicted molar refractivity (Wildman–Crippen MR) is 48.5 cm³/mol. The van der Waals surface area contributed by atoms with Gasteiger partial charge < -0.3 is 14.6 Å². The van der Waals surface area contributed by atoms with Crippen LogP contribution < -0.4 is 0 Å². The summed E-state index contributed by atoms with van der Waals surface area (Å²) >= 11 is 0. The Balaban J connectivity index is 3.45. The molecular formula is C9H12O5. The van der Waals surface area contributed by atoms with Crippen LogP contribution in [-0.2, 0) is 19.1 Å². The second-order valence-corrected chi connectivity index (χ2v) is 2.34. The standard InChI is InChI=1S/C9H12O5/c1-3-8(11)13-4-5-14-9(12)6-7(2)10/h3,10H,1-2,4-6H2. The summed E-state index contributed by atoms with van der Waals surface area (Å²) in [6.45, 7) is 6.22. The summed E-state index contributed by atoms with van der Waals surface area (Å²) in [7, 11) is 0. The topological polar surface area (TPSA) is 72.8 Å². The molecule has 0 aliphatic carbocycles. The molecule has 0 spiro atoms. The highest BCUT2D eigenvalue weighted by molar-refractivity contribution is 5.81. The number of carbonyl (C=O) groups is 2. The van der Waals surface area contributed by atoms with Crippen molar-refractivity contribution in [2.24, 2.45) is 0 Å². The number of aliphatic hydroxyl groups excluding tert-OH is 1. The first-order valence-electron chi connectivity index (χ1n) is 3.88. The Morgan fingerprint density at radius 1 is 1.29 bits per heavy atom. The highest BCUT2D eigenvalue weighted by atomic mass is 16.6. The quantitative estimate of drug-likeness (QED) is 0.296. The van der Waals surface area contributed by atoms with Crippen molar-refractivity contribution in [1.29, 1.82) is 0 Å². The summed E-state index contributed by atoms with van der Waals surface area (Å²) in [5.74, 6) is -1.46. The minimum atomic E-state index is -0.618. The van der Waals surface area contributed by atoms with Crippen LogP contribution in [-0.4, -0.2) is 30.3 Å². The van der Waals surface area contributed by atoms with Crippen molar-refractivity contribution in [2.45, 2.75) is 6.42 Å². The van der Waals surface area contributed by atoms with Gasteiger partial charge in [0.15, 0.2) is 0 Å². The third-order valence-electron chi connectivity index (χ3n) is 1.11. The first kappa shape index (κ1) is 12.2. The molecule has 0 aliphatic heterocycles. The van der Waals surface area contributed by atoms with Crippen molar-refractivity contribution in [3.05, 3.63) is 25.0 Å². The van der Waals surface area contributed by atoms with Crippen molar-refractivity contribution in [3.8, 4) is 0 Å². The van der Waals surface area contributed by atoms with E-state index in [1.807, 2.05) is 0 Å². The van der Waals surface area contributed by atoms with E-state index in [2.05, 4.69) is 22.6 Å². The van der Waals surface area contributed by atoms with E-state index in [0.717, 1.165) is 6.08 Å². The molecule has 0 saturated carbocycles. The molecule has 0 saturated heterocycles. The molecule has 0 rings (SSSR count). The van der Waals surface area contributed by atoms with E-state index in [4.69, 9.17) is 5.11 Å². The Kier molecular flexibility index (Phi) is 5.85. The smallest absolute Gasteiger partial charge is 0.330 e. The number of rotatable bonds is 6. The fourth-order valence-corrected chi connectivity index (χ4v) is 0.574. The minimum absolute atomic E-state index is 0.0332. The van der Waals surface area contributed by atoms with Crippen molar-refractivity contribution in [2.75, 3.05) is 13.2 Å². The Bertz CT molecular complexity index is 244. The van der Waals surface area contributed by atoms with E-state index in [1.165, 1.54) is 0 Å². The van der Waals surface area contributed by atoms with E-state index in [-0.39, 0.29) is 25.4 Å². The van der Waals surface area contributed by atoms with Crippen molar-refractivity contribution in [1.82, 2.24) is 0 Å². The molecule has 0 fully saturated rings. The van der Waals surface area contributed by atoms with Crippen LogP contribution in [0.4, 0.5) is 0 Å². The van der Waals surface area contributed by atoms with Crippen LogP contribution in [0.5, 0.6) is 0 Å². The molecule has 0 aromatic carbocycles. The molecule has 0 heterocycles. The number of hydrogen-bond acceptors (Lipinski definition) is 5. The average Bonchev–Trinajstić information content (AvgIpc) is 2.10. The minimum Gasteiger partial charge on any atom is -0.512 e. The number of ether oxygens (including phenoxy) is 2. The van der Waals surface area contributed by atoms with E-state index in [0.29, 0.717) is 0 Å². The lowest BCUT2D eigenvalue weighted by molar-refractivity contribution is -0.149. The van der Waals surface area contributed by atoms with Crippen molar-refractivity contribution < 1.29 is 24.2 Å². The fraction of sp³-hybridized carbons (Fsp3) is 0.333. The third-order valence-corrected chi connectivity index (χ3v) is 1.11. The summed E-state index contributed by atoms with van der Waals surface area (Å²) in [6.07, 6.45) is 0.757. The maximum Gasteiger partial charge on any atom is 0.330 e. The Labute approximate surface area is 81.6 Å². The van der Waals surface area contributed by atoms with Gasteiger partial charge in [0, 0.05) is 6.08 Å². The van der Waals surface area contributed by atoms with Crippen LogP contribution in [0.2, 0.25) is 0 Å². The summed E-state index contributed by atoms with van der Waals surface area (Å²) in [6, 6.07) is 0. The highest BCUT2D eigenvalue weighted by Crippen LogP contribution is 1.94. The highest BCUT2D eigenvalue weighted by Gasteiger charge is 2.04. The largest absolute Gasteiger partial charge is 0.512 e. The average molecular weight is 200 g/mol. The molecule has 0 radical (unpaired) electrons. The van der Waals surface area contributed by atoms with Crippen LogP contribution >= 0.6 is 0 Å². The molecule has 1 N–H and O–H groups in total. The van der Waals surface area contributed by atoms with Crippen molar-refractivity contribution in [3.63, 3.8) is 0 Å². The molecule has 5 nitrogen and oxygen atoms in total. The van der Waals surface area contributed by atoms with Gasteiger partial charge in [-0.05, 0) is 0 Å². The molecule has 0 aliphatic rings. The van der Waals surface area contributed by atoms with Crippen LogP contribution in [0.1, 0.15) is 6.42 Å². The lowest BCUT2D eigenvalue weighted by Crippen LogP contribution is -2.12. The zero-order chi connectivity index (χ0) is 11.0. The first-order chi connectivity index (χ1) is 6.56. The molecule has 14 heavy (non-hydrogen) atoms. The lowest BCUT2D eigenvalue weighted by atomic mass is 10.4. The van der Waals surface area contributed by atoms with E-state index in [1.54, 1.807) is 0 Å². The third kappa shape index (κ3) is 6.90. The molecule has 0 aromatic heterocycles. The number of carbonyl (C=O) groups excluding carboxylic acids is 2. The Hall–Kier alpha value is -1.78. The summed E-state index contributed by atoms with van der Waals surface area (Å²) in [5.41, 5.74) is 0. The van der Waals surface area contributed by atoms with Gasteiger partial charge in [-0.3, -0.25) is 4.79 Å². The summed E-state index contributed by atoms with van der Waals surface area (Å²) in [5, 5.41) is 8.61. The normalized spacial score (nSPS) is 8.86. The second kappa shape index (κ2) is 6.71. The maximum atomic E-state index is 10.8. The van der Waals surface area contributed by atoms with Crippen LogP contribution in [0.15, 0.2) is 25.0 Å². The van der Waals surface area contributed by atoms with Crippen LogP contribution in [0, 0.1) is 0 Å². The summed E-state index contributed by atoms with van der Waals surface area (Å²) < 4.78 is 9.10. The molecular weight excluding hydrogens is 188 g/mol. The number of aliphatic hydroxyl groups is 1. The molecule has 0 bridgehead atoms. The van der Waals surface area contributed by atoms with E-state index < -0.39 is 11.9 Å². The van der Waals surface area contributed by atoms with Gasteiger partial charge in [-0.25, -0.2) is 4.79 Å². The molecule has 0 atom stereocenters. The van der Waals surface area contributed by atoms with Gasteiger partial charge in [0.2, 0.25) is 0 Å². The van der Waals surface area contributed by atoms with Crippen molar-refractivity contribution >= 4 is 11.9 Å². The SMILES string of the molecule is C=CC(=O)OCCOC(=O)CC(=C)O. The molecule has 5 heteroatoms. The fourth-order valence-electron chi connectivity index (χ4n) is 0.574. The Morgan fingerprint density at radius 3 is 2.36 bits per heavy atom. The van der Waals surface area contributed by atoms with E-state index >= 15 is 0 Å². The van der Waals surface area contributed by atoms with Crippen LogP contribution in [0.3, 0.4) is 0 Å². The van der Waals surface area contributed by atoms with Gasteiger partial charge in [0.1, 0.15) is 19.6 Å².